The van der Waals surface area contributed by atoms with Gasteiger partial charge in [0.2, 0.25) is 5.91 Å². The minimum Gasteiger partial charge on any atom is -0.480 e. The highest BCUT2D eigenvalue weighted by molar-refractivity contribution is 5.78. The summed E-state index contributed by atoms with van der Waals surface area (Å²) < 4.78 is 0. The quantitative estimate of drug-likeness (QED) is 0.726. The summed E-state index contributed by atoms with van der Waals surface area (Å²) in [7, 11) is 0. The smallest absolute Gasteiger partial charge is 0.317 e. The highest BCUT2D eigenvalue weighted by Crippen LogP contribution is 2.10. The SMILES string of the molecule is CC(C)C(=O)NC1CCCN(CC(=O)O)C1. The van der Waals surface area contributed by atoms with Gasteiger partial charge in [0.25, 0.3) is 0 Å². The van der Waals surface area contributed by atoms with Crippen LogP contribution in [-0.4, -0.2) is 47.6 Å². The molecule has 1 amide bonds. The van der Waals surface area contributed by atoms with E-state index in [0.717, 1.165) is 19.4 Å². The maximum Gasteiger partial charge on any atom is 0.317 e. The van der Waals surface area contributed by atoms with E-state index in [2.05, 4.69) is 5.32 Å². The molecule has 0 spiro atoms. The molecule has 1 atom stereocenters. The summed E-state index contributed by atoms with van der Waals surface area (Å²) in [6.45, 7) is 5.22. The van der Waals surface area contributed by atoms with Gasteiger partial charge in [-0.25, -0.2) is 0 Å². The van der Waals surface area contributed by atoms with Gasteiger partial charge in [0.15, 0.2) is 0 Å². The van der Waals surface area contributed by atoms with Crippen LogP contribution in [0.1, 0.15) is 26.7 Å². The van der Waals surface area contributed by atoms with Gasteiger partial charge in [-0.15, -0.1) is 0 Å². The van der Waals surface area contributed by atoms with E-state index >= 15 is 0 Å². The topological polar surface area (TPSA) is 69.6 Å². The molecule has 1 aliphatic heterocycles. The van der Waals surface area contributed by atoms with Crippen LogP contribution in [0.4, 0.5) is 0 Å². The lowest BCUT2D eigenvalue weighted by atomic mass is 10.0. The molecule has 1 unspecified atom stereocenters. The molecule has 0 radical (unpaired) electrons. The maximum absolute atomic E-state index is 11.5. The van der Waals surface area contributed by atoms with Crippen LogP contribution >= 0.6 is 0 Å². The van der Waals surface area contributed by atoms with E-state index in [-0.39, 0.29) is 24.4 Å². The summed E-state index contributed by atoms with van der Waals surface area (Å²) >= 11 is 0. The number of nitrogens with zero attached hydrogens (tertiary/aromatic N) is 1. The first-order chi connectivity index (χ1) is 7.49. The normalized spacial score (nSPS) is 22.1. The van der Waals surface area contributed by atoms with Gasteiger partial charge in [-0.1, -0.05) is 13.8 Å². The summed E-state index contributed by atoms with van der Waals surface area (Å²) in [6.07, 6.45) is 1.88. The zero-order valence-corrected chi connectivity index (χ0v) is 9.90. The number of rotatable bonds is 4. The predicted octanol–water partition coefficient (Wildman–Crippen LogP) is 0.308. The summed E-state index contributed by atoms with van der Waals surface area (Å²) in [6, 6.07) is 0.100. The highest BCUT2D eigenvalue weighted by Gasteiger charge is 2.23. The molecule has 1 saturated heterocycles. The minimum absolute atomic E-state index is 0.0187. The molecule has 0 aliphatic carbocycles. The van der Waals surface area contributed by atoms with E-state index in [1.807, 2.05) is 18.7 Å². The largest absolute Gasteiger partial charge is 0.480 e. The Morgan fingerprint density at radius 1 is 1.50 bits per heavy atom. The van der Waals surface area contributed by atoms with Crippen LogP contribution in [0.3, 0.4) is 0 Å². The second-order valence-corrected chi connectivity index (χ2v) is 4.63. The second-order valence-electron chi connectivity index (χ2n) is 4.63. The van der Waals surface area contributed by atoms with Gasteiger partial charge in [0.05, 0.1) is 6.54 Å². The molecule has 1 aliphatic rings. The van der Waals surface area contributed by atoms with E-state index in [1.54, 1.807) is 0 Å². The van der Waals surface area contributed by atoms with E-state index in [0.29, 0.717) is 6.54 Å². The van der Waals surface area contributed by atoms with Crippen LogP contribution in [-0.2, 0) is 9.59 Å². The van der Waals surface area contributed by atoms with Crippen molar-refractivity contribution in [1.29, 1.82) is 0 Å². The first kappa shape index (κ1) is 13.0. The molecule has 1 fully saturated rings. The fraction of sp³-hybridized carbons (Fsp3) is 0.818. The predicted molar refractivity (Wildman–Crippen MR) is 60.1 cm³/mol. The van der Waals surface area contributed by atoms with E-state index in [1.165, 1.54) is 0 Å². The molecule has 2 N–H and O–H groups in total. The summed E-state index contributed by atoms with van der Waals surface area (Å²) in [4.78, 5) is 23.9. The Bertz CT molecular complexity index is 266. The molecule has 0 saturated carbocycles. The molecule has 5 heteroatoms. The fourth-order valence-electron chi connectivity index (χ4n) is 1.88. The van der Waals surface area contributed by atoms with Gasteiger partial charge in [0, 0.05) is 18.5 Å². The zero-order valence-electron chi connectivity index (χ0n) is 9.90. The van der Waals surface area contributed by atoms with E-state index in [4.69, 9.17) is 5.11 Å². The molecule has 0 aromatic heterocycles. The third-order valence-electron chi connectivity index (χ3n) is 2.74. The average molecular weight is 228 g/mol. The Morgan fingerprint density at radius 2 is 2.19 bits per heavy atom. The van der Waals surface area contributed by atoms with Crippen molar-refractivity contribution in [2.75, 3.05) is 19.6 Å². The molecule has 0 aromatic carbocycles. The number of aliphatic carboxylic acids is 1. The number of carbonyl (C=O) groups excluding carboxylic acids is 1. The highest BCUT2D eigenvalue weighted by atomic mass is 16.4. The summed E-state index contributed by atoms with van der Waals surface area (Å²) in [5.74, 6) is -0.784. The van der Waals surface area contributed by atoms with Gasteiger partial charge >= 0.3 is 5.97 Å². The van der Waals surface area contributed by atoms with Crippen molar-refractivity contribution in [2.24, 2.45) is 5.92 Å². The van der Waals surface area contributed by atoms with Gasteiger partial charge in [-0.05, 0) is 19.4 Å². The Morgan fingerprint density at radius 3 is 2.75 bits per heavy atom. The minimum atomic E-state index is -0.809. The summed E-state index contributed by atoms with van der Waals surface area (Å²) in [5.41, 5.74) is 0. The molecule has 1 rings (SSSR count). The van der Waals surface area contributed by atoms with Gasteiger partial charge < -0.3 is 10.4 Å². The van der Waals surface area contributed by atoms with Crippen molar-refractivity contribution < 1.29 is 14.7 Å². The number of carboxylic acids is 1. The number of amides is 1. The van der Waals surface area contributed by atoms with Crippen molar-refractivity contribution in [1.82, 2.24) is 10.2 Å². The zero-order chi connectivity index (χ0) is 12.1. The Hall–Kier alpha value is -1.10. The summed E-state index contributed by atoms with van der Waals surface area (Å²) in [5, 5.41) is 11.6. The first-order valence-corrected chi connectivity index (χ1v) is 5.73. The van der Waals surface area contributed by atoms with Crippen LogP contribution in [0, 0.1) is 5.92 Å². The number of hydrogen-bond donors (Lipinski definition) is 2. The van der Waals surface area contributed by atoms with Crippen molar-refractivity contribution in [3.63, 3.8) is 0 Å². The fourth-order valence-corrected chi connectivity index (χ4v) is 1.88. The number of likely N-dealkylation sites (tertiary alicyclic amines) is 1. The third kappa shape index (κ3) is 4.18. The lowest BCUT2D eigenvalue weighted by Gasteiger charge is -2.32. The second kappa shape index (κ2) is 5.84. The number of piperidine rings is 1. The van der Waals surface area contributed by atoms with Crippen LogP contribution in [0.15, 0.2) is 0 Å². The van der Waals surface area contributed by atoms with Gasteiger partial charge in [-0.3, -0.25) is 14.5 Å². The molecule has 5 nitrogen and oxygen atoms in total. The van der Waals surface area contributed by atoms with Crippen LogP contribution < -0.4 is 5.32 Å². The molecule has 0 bridgehead atoms. The molecular weight excluding hydrogens is 208 g/mol. The Balaban J connectivity index is 2.38. The first-order valence-electron chi connectivity index (χ1n) is 5.73. The maximum atomic E-state index is 11.5. The van der Waals surface area contributed by atoms with E-state index < -0.39 is 5.97 Å². The number of carbonyl (C=O) groups is 2. The molecular formula is C11H20N2O3. The molecule has 92 valence electrons. The van der Waals surface area contributed by atoms with E-state index in [9.17, 15) is 9.59 Å². The van der Waals surface area contributed by atoms with Crippen LogP contribution in [0.5, 0.6) is 0 Å². The number of hydrogen-bond acceptors (Lipinski definition) is 3. The van der Waals surface area contributed by atoms with Crippen LogP contribution in [0.25, 0.3) is 0 Å². The van der Waals surface area contributed by atoms with Crippen molar-refractivity contribution in [2.45, 2.75) is 32.7 Å². The molecule has 16 heavy (non-hydrogen) atoms. The third-order valence-corrected chi connectivity index (χ3v) is 2.74. The standard InChI is InChI=1S/C11H20N2O3/c1-8(2)11(16)12-9-4-3-5-13(6-9)7-10(14)15/h8-9H,3-7H2,1-2H3,(H,12,16)(H,14,15). The lowest BCUT2D eigenvalue weighted by Crippen LogP contribution is -2.49. The van der Waals surface area contributed by atoms with Crippen molar-refractivity contribution >= 4 is 11.9 Å². The molecule has 0 aromatic rings. The Kier molecular flexibility index (Phi) is 4.73. The van der Waals surface area contributed by atoms with Gasteiger partial charge in [0.1, 0.15) is 0 Å². The molecule has 1 heterocycles. The van der Waals surface area contributed by atoms with Crippen molar-refractivity contribution in [3.8, 4) is 0 Å². The Labute approximate surface area is 95.8 Å². The number of carboxylic acid groups (broad SMARTS) is 1. The number of nitrogens with one attached hydrogen (secondary N) is 1. The van der Waals surface area contributed by atoms with Crippen molar-refractivity contribution in [3.05, 3.63) is 0 Å². The van der Waals surface area contributed by atoms with Crippen LogP contribution in [0.2, 0.25) is 0 Å². The van der Waals surface area contributed by atoms with Gasteiger partial charge in [-0.2, -0.15) is 0 Å². The lowest BCUT2D eigenvalue weighted by molar-refractivity contribution is -0.138. The monoisotopic (exact) mass is 228 g/mol. The average Bonchev–Trinajstić information content (AvgIpc) is 2.16.